The van der Waals surface area contributed by atoms with E-state index >= 15 is 0 Å². The van der Waals surface area contributed by atoms with Gasteiger partial charge in [-0.15, -0.1) is 0 Å². The molecule has 128 valence electrons. The molecule has 0 radical (unpaired) electrons. The molecule has 5 aliphatic rings. The van der Waals surface area contributed by atoms with Crippen molar-refractivity contribution in [1.82, 2.24) is 5.32 Å². The Morgan fingerprint density at radius 1 is 1.09 bits per heavy atom. The Morgan fingerprint density at radius 3 is 2.13 bits per heavy atom. The molecule has 4 bridgehead atoms. The first kappa shape index (κ1) is 15.7. The summed E-state index contributed by atoms with van der Waals surface area (Å²) in [4.78, 5) is 12.3. The van der Waals surface area contributed by atoms with Crippen LogP contribution < -0.4 is 5.32 Å². The second kappa shape index (κ2) is 5.33. The van der Waals surface area contributed by atoms with Crippen LogP contribution >= 0.6 is 0 Å². The lowest BCUT2D eigenvalue weighted by Crippen LogP contribution is -2.47. The molecule has 5 fully saturated rings. The maximum atomic E-state index is 12.3. The van der Waals surface area contributed by atoms with Gasteiger partial charge in [0.15, 0.2) is 9.84 Å². The van der Waals surface area contributed by atoms with Crippen LogP contribution in [0.1, 0.15) is 51.9 Å². The molecule has 5 heteroatoms. The zero-order valence-corrected chi connectivity index (χ0v) is 14.7. The zero-order valence-electron chi connectivity index (χ0n) is 13.9. The third-order valence-electron chi connectivity index (χ3n) is 6.80. The van der Waals surface area contributed by atoms with E-state index in [0.29, 0.717) is 6.42 Å². The number of amides is 1. The number of rotatable bonds is 3. The van der Waals surface area contributed by atoms with Crippen molar-refractivity contribution in [2.24, 2.45) is 23.2 Å². The van der Waals surface area contributed by atoms with E-state index in [1.165, 1.54) is 44.1 Å². The van der Waals surface area contributed by atoms with Gasteiger partial charge in [-0.1, -0.05) is 5.57 Å². The fraction of sp³-hybridized carbons (Fsp3) is 0.833. The van der Waals surface area contributed by atoms with Crippen LogP contribution in [0.4, 0.5) is 0 Å². The van der Waals surface area contributed by atoms with Gasteiger partial charge in [0.2, 0.25) is 5.91 Å². The Labute approximate surface area is 139 Å². The summed E-state index contributed by atoms with van der Waals surface area (Å²) in [7, 11) is -2.94. The van der Waals surface area contributed by atoms with E-state index in [9.17, 15) is 13.2 Å². The van der Waals surface area contributed by atoms with Gasteiger partial charge in [-0.3, -0.25) is 4.79 Å². The van der Waals surface area contributed by atoms with Crippen molar-refractivity contribution in [3.05, 3.63) is 11.6 Å². The lowest BCUT2D eigenvalue weighted by atomic mass is 9.48. The van der Waals surface area contributed by atoms with Crippen molar-refractivity contribution >= 4 is 15.7 Å². The Morgan fingerprint density at radius 2 is 1.65 bits per heavy atom. The standard InChI is InChI=1S/C18H27NO3S/c1-12(4-17(20)19-16-2-3-23(21,22)11-16)18-8-13-5-14(9-18)7-15(6-13)10-18/h4,13-16H,2-3,5-11H2,1H3,(H,19,20). The molecule has 0 aromatic heterocycles. The molecule has 1 heterocycles. The van der Waals surface area contributed by atoms with Gasteiger partial charge in [-0.25, -0.2) is 8.42 Å². The molecule has 4 saturated carbocycles. The summed E-state index contributed by atoms with van der Waals surface area (Å²) in [6.45, 7) is 2.12. The van der Waals surface area contributed by atoms with Gasteiger partial charge in [-0.05, 0) is 75.0 Å². The SMILES string of the molecule is CC(=CC(=O)NC1CCS(=O)(=O)C1)C12CC3CC(CC(C3)C1)C2. The van der Waals surface area contributed by atoms with E-state index in [4.69, 9.17) is 0 Å². The summed E-state index contributed by atoms with van der Waals surface area (Å²) in [6, 6.07) is -0.201. The third-order valence-corrected chi connectivity index (χ3v) is 8.57. The Kier molecular flexibility index (Phi) is 3.63. The molecule has 0 aromatic rings. The van der Waals surface area contributed by atoms with Crippen molar-refractivity contribution < 1.29 is 13.2 Å². The van der Waals surface area contributed by atoms with Crippen molar-refractivity contribution in [2.45, 2.75) is 57.9 Å². The average Bonchev–Trinajstić information content (AvgIpc) is 2.76. The summed E-state index contributed by atoms with van der Waals surface area (Å²) < 4.78 is 23.0. The molecule has 1 atom stereocenters. The van der Waals surface area contributed by atoms with Crippen molar-refractivity contribution in [2.75, 3.05) is 11.5 Å². The second-order valence-corrected chi connectivity index (χ2v) is 10.9. The average molecular weight is 337 g/mol. The second-order valence-electron chi connectivity index (χ2n) is 8.63. The highest BCUT2D eigenvalue weighted by atomic mass is 32.2. The first-order valence-corrected chi connectivity index (χ1v) is 10.9. The molecule has 0 aromatic carbocycles. The maximum absolute atomic E-state index is 12.3. The number of allylic oxidation sites excluding steroid dienone is 1. The van der Waals surface area contributed by atoms with Crippen molar-refractivity contribution in [1.29, 1.82) is 0 Å². The maximum Gasteiger partial charge on any atom is 0.244 e. The summed E-state index contributed by atoms with van der Waals surface area (Å²) >= 11 is 0. The lowest BCUT2D eigenvalue weighted by molar-refractivity contribution is -0.117. The van der Waals surface area contributed by atoms with Crippen molar-refractivity contribution in [3.63, 3.8) is 0 Å². The van der Waals surface area contributed by atoms with E-state index in [1.54, 1.807) is 6.08 Å². The number of carbonyl (C=O) groups is 1. The molecule has 23 heavy (non-hydrogen) atoms. The van der Waals surface area contributed by atoms with Crippen LogP contribution in [0.15, 0.2) is 11.6 Å². The van der Waals surface area contributed by atoms with Gasteiger partial charge in [-0.2, -0.15) is 0 Å². The highest BCUT2D eigenvalue weighted by Gasteiger charge is 2.51. The van der Waals surface area contributed by atoms with Crippen LogP contribution in [0, 0.1) is 23.2 Å². The summed E-state index contributed by atoms with van der Waals surface area (Å²) in [5.41, 5.74) is 1.49. The van der Waals surface area contributed by atoms with E-state index < -0.39 is 9.84 Å². The summed E-state index contributed by atoms with van der Waals surface area (Å²) in [5.74, 6) is 2.81. The van der Waals surface area contributed by atoms with Crippen LogP contribution in [0.25, 0.3) is 0 Å². The number of hydrogen-bond donors (Lipinski definition) is 1. The molecule has 4 nitrogen and oxygen atoms in total. The minimum atomic E-state index is -2.94. The van der Waals surface area contributed by atoms with Crippen LogP contribution in [0.3, 0.4) is 0 Å². The zero-order chi connectivity index (χ0) is 16.2. The molecule has 1 unspecified atom stereocenters. The van der Waals surface area contributed by atoms with Gasteiger partial charge in [0.05, 0.1) is 11.5 Å². The number of nitrogens with one attached hydrogen (secondary N) is 1. The molecule has 4 aliphatic carbocycles. The molecular weight excluding hydrogens is 310 g/mol. The summed E-state index contributed by atoms with van der Waals surface area (Å²) in [5, 5.41) is 2.90. The van der Waals surface area contributed by atoms with Crippen LogP contribution in [0.2, 0.25) is 0 Å². The topological polar surface area (TPSA) is 63.2 Å². The van der Waals surface area contributed by atoms with Crippen LogP contribution in [-0.2, 0) is 14.6 Å². The summed E-state index contributed by atoms with van der Waals surface area (Å²) in [6.07, 6.45) is 10.3. The monoisotopic (exact) mass is 337 g/mol. The Hall–Kier alpha value is -0.840. The molecular formula is C18H27NO3S. The smallest absolute Gasteiger partial charge is 0.244 e. The van der Waals surface area contributed by atoms with Gasteiger partial charge in [0.25, 0.3) is 0 Å². The van der Waals surface area contributed by atoms with Crippen LogP contribution in [0.5, 0.6) is 0 Å². The number of carbonyl (C=O) groups excluding carboxylic acids is 1. The highest BCUT2D eigenvalue weighted by Crippen LogP contribution is 2.62. The van der Waals surface area contributed by atoms with Gasteiger partial charge < -0.3 is 5.32 Å². The van der Waals surface area contributed by atoms with E-state index in [-0.39, 0.29) is 28.9 Å². The minimum absolute atomic E-state index is 0.0969. The van der Waals surface area contributed by atoms with Gasteiger partial charge >= 0.3 is 0 Å². The number of hydrogen-bond acceptors (Lipinski definition) is 3. The lowest BCUT2D eigenvalue weighted by Gasteiger charge is -2.57. The van der Waals surface area contributed by atoms with E-state index in [1.807, 2.05) is 0 Å². The minimum Gasteiger partial charge on any atom is -0.349 e. The molecule has 1 N–H and O–H groups in total. The quantitative estimate of drug-likeness (QED) is 0.805. The van der Waals surface area contributed by atoms with Gasteiger partial charge in [0, 0.05) is 12.1 Å². The molecule has 1 saturated heterocycles. The van der Waals surface area contributed by atoms with E-state index in [0.717, 1.165) is 17.8 Å². The van der Waals surface area contributed by atoms with Crippen LogP contribution in [-0.4, -0.2) is 31.9 Å². The van der Waals surface area contributed by atoms with Gasteiger partial charge in [0.1, 0.15) is 0 Å². The largest absolute Gasteiger partial charge is 0.349 e. The molecule has 1 aliphatic heterocycles. The predicted octanol–water partition coefficient (Wildman–Crippen LogP) is 2.45. The first-order valence-electron chi connectivity index (χ1n) is 9.03. The number of sulfone groups is 1. The normalized spacial score (nSPS) is 44.5. The fourth-order valence-corrected chi connectivity index (χ4v) is 7.77. The van der Waals surface area contributed by atoms with Crippen molar-refractivity contribution in [3.8, 4) is 0 Å². The predicted molar refractivity (Wildman–Crippen MR) is 89.6 cm³/mol. The molecule has 5 rings (SSSR count). The Bertz CT molecular complexity index is 614. The first-order chi connectivity index (χ1) is 10.8. The fourth-order valence-electron chi connectivity index (χ4n) is 6.10. The molecule has 1 amide bonds. The molecule has 0 spiro atoms. The third kappa shape index (κ3) is 2.97. The van der Waals surface area contributed by atoms with E-state index in [2.05, 4.69) is 12.2 Å². The Balaban J connectivity index is 1.45. The highest BCUT2D eigenvalue weighted by molar-refractivity contribution is 7.91.